The van der Waals surface area contributed by atoms with Crippen LogP contribution < -0.4 is 0 Å². The second kappa shape index (κ2) is 9.21. The molecule has 0 amide bonds. The molecule has 3 aliphatic rings. The van der Waals surface area contributed by atoms with Crippen LogP contribution in [0.5, 0.6) is 0 Å². The fourth-order valence-electron chi connectivity index (χ4n) is 4.13. The van der Waals surface area contributed by atoms with Crippen molar-refractivity contribution in [3.05, 3.63) is 47.5 Å². The van der Waals surface area contributed by atoms with Crippen LogP contribution in [0.1, 0.15) is 42.4 Å². The number of hydrogen-bond acceptors (Lipinski definition) is 4. The van der Waals surface area contributed by atoms with Crippen LogP contribution in [-0.4, -0.2) is 48.3 Å². The maximum Gasteiger partial charge on any atom is 0.305 e. The Kier molecular flexibility index (Phi) is 6.71. The van der Waals surface area contributed by atoms with Gasteiger partial charge in [0.25, 0.3) is 0 Å². The number of carbonyl (C=O) groups excluding carboxylic acids is 1. The zero-order chi connectivity index (χ0) is 19.2. The van der Waals surface area contributed by atoms with Gasteiger partial charge in [0.05, 0.1) is 19.3 Å². The number of aryl methyl sites for hydroxylation is 1. The minimum Gasteiger partial charge on any atom is -0.469 e. The predicted octanol–water partition coefficient (Wildman–Crippen LogP) is 2.72. The molecule has 3 fully saturated rings. The Morgan fingerprint density at radius 1 is 1.41 bits per heavy atom. The molecule has 3 saturated heterocycles. The number of esters is 1. The largest absolute Gasteiger partial charge is 0.469 e. The van der Waals surface area contributed by atoms with E-state index in [4.69, 9.17) is 4.74 Å². The quantitative estimate of drug-likeness (QED) is 0.477. The number of piperidine rings is 3. The zero-order valence-corrected chi connectivity index (χ0v) is 16.1. The molecule has 4 heteroatoms. The maximum atomic E-state index is 11.3. The minimum absolute atomic E-state index is 0.0474. The highest BCUT2D eigenvalue weighted by molar-refractivity contribution is 5.69. The molecule has 0 aliphatic carbocycles. The lowest BCUT2D eigenvalue weighted by molar-refractivity contribution is -0.140. The van der Waals surface area contributed by atoms with Gasteiger partial charge in [-0.25, -0.2) is 0 Å². The molecule has 0 saturated carbocycles. The van der Waals surface area contributed by atoms with Gasteiger partial charge in [0.15, 0.2) is 0 Å². The van der Waals surface area contributed by atoms with Crippen LogP contribution in [-0.2, 0) is 22.4 Å². The van der Waals surface area contributed by atoms with Crippen molar-refractivity contribution in [3.63, 3.8) is 0 Å². The Bertz CT molecular complexity index is 736. The van der Waals surface area contributed by atoms with Gasteiger partial charge in [-0.2, -0.15) is 0 Å². The van der Waals surface area contributed by atoms with Crippen LogP contribution in [0.2, 0.25) is 0 Å². The van der Waals surface area contributed by atoms with Gasteiger partial charge in [-0.05, 0) is 68.3 Å². The number of ether oxygens (including phenoxy) is 1. The van der Waals surface area contributed by atoms with E-state index < -0.39 is 0 Å². The topological polar surface area (TPSA) is 49.8 Å². The van der Waals surface area contributed by atoms with E-state index in [0.29, 0.717) is 12.3 Å². The Hall–Kier alpha value is -2.09. The molecule has 0 spiro atoms. The second-order valence-electron chi connectivity index (χ2n) is 7.49. The van der Waals surface area contributed by atoms with Crippen molar-refractivity contribution in [2.45, 2.75) is 50.7 Å². The fourth-order valence-corrected chi connectivity index (χ4v) is 4.13. The van der Waals surface area contributed by atoms with E-state index in [1.165, 1.54) is 12.7 Å². The Balaban J connectivity index is 1.72. The summed E-state index contributed by atoms with van der Waals surface area (Å²) in [5.41, 5.74) is 3.35. The number of rotatable bonds is 6. The van der Waals surface area contributed by atoms with Crippen molar-refractivity contribution in [1.82, 2.24) is 4.90 Å². The first kappa shape index (κ1) is 19.7. The summed E-state index contributed by atoms with van der Waals surface area (Å²) in [5, 5.41) is 10.5. The number of aliphatic hydroxyl groups excluding tert-OH is 1. The summed E-state index contributed by atoms with van der Waals surface area (Å²) in [5.74, 6) is 6.89. The molecule has 2 atom stereocenters. The average molecular weight is 367 g/mol. The standard InChI is InChI=1S/C23H29NO3/c1-3-5-20-16-17(6-4-7-22(25)27-2)8-9-18(20)10-11-21-23(26)19-12-14-24(21)15-13-19/h3,8-9,16,19,21,23,26H,1,4-7,12-15H2,2H3. The first-order valence-corrected chi connectivity index (χ1v) is 9.85. The van der Waals surface area contributed by atoms with Crippen molar-refractivity contribution in [2.24, 2.45) is 5.92 Å². The van der Waals surface area contributed by atoms with E-state index in [-0.39, 0.29) is 18.1 Å². The highest BCUT2D eigenvalue weighted by Crippen LogP contribution is 2.32. The van der Waals surface area contributed by atoms with E-state index in [1.54, 1.807) is 0 Å². The van der Waals surface area contributed by atoms with E-state index in [0.717, 1.165) is 56.3 Å². The van der Waals surface area contributed by atoms with Crippen molar-refractivity contribution < 1.29 is 14.6 Å². The molecule has 27 heavy (non-hydrogen) atoms. The van der Waals surface area contributed by atoms with Gasteiger partial charge in [0.1, 0.15) is 0 Å². The SMILES string of the molecule is C=CCc1cc(CCCC(=O)OC)ccc1C#CC1C(O)C2CCN1CC2. The van der Waals surface area contributed by atoms with Gasteiger partial charge >= 0.3 is 5.97 Å². The summed E-state index contributed by atoms with van der Waals surface area (Å²) < 4.78 is 4.69. The van der Waals surface area contributed by atoms with Gasteiger partial charge in [-0.15, -0.1) is 6.58 Å². The summed E-state index contributed by atoms with van der Waals surface area (Å²) in [4.78, 5) is 13.6. The third-order valence-electron chi connectivity index (χ3n) is 5.74. The molecule has 1 aromatic rings. The number of aliphatic hydroxyl groups is 1. The smallest absolute Gasteiger partial charge is 0.305 e. The first-order valence-electron chi connectivity index (χ1n) is 9.85. The maximum absolute atomic E-state index is 11.3. The lowest BCUT2D eigenvalue weighted by Gasteiger charge is -2.46. The van der Waals surface area contributed by atoms with E-state index in [9.17, 15) is 9.90 Å². The molecular formula is C23H29NO3. The number of fused-ring (bicyclic) bond motifs is 3. The molecule has 0 aromatic heterocycles. The summed E-state index contributed by atoms with van der Waals surface area (Å²) in [6.45, 7) is 5.94. The Morgan fingerprint density at radius 3 is 2.85 bits per heavy atom. The minimum atomic E-state index is -0.333. The summed E-state index contributed by atoms with van der Waals surface area (Å²) in [6, 6.07) is 6.25. The third kappa shape index (κ3) is 4.80. The normalized spacial score (nSPS) is 26.1. The average Bonchev–Trinajstić information content (AvgIpc) is 2.69. The Morgan fingerprint density at radius 2 is 2.19 bits per heavy atom. The highest BCUT2D eigenvalue weighted by Gasteiger charge is 2.40. The molecule has 4 rings (SSSR count). The van der Waals surface area contributed by atoms with Gasteiger partial charge in [-0.3, -0.25) is 9.69 Å². The molecule has 144 valence electrons. The zero-order valence-electron chi connectivity index (χ0n) is 16.1. The molecular weight excluding hydrogens is 338 g/mol. The highest BCUT2D eigenvalue weighted by atomic mass is 16.5. The van der Waals surface area contributed by atoms with Crippen molar-refractivity contribution in [2.75, 3.05) is 20.2 Å². The van der Waals surface area contributed by atoms with Gasteiger partial charge in [0.2, 0.25) is 0 Å². The van der Waals surface area contributed by atoms with Crippen LogP contribution in [0.15, 0.2) is 30.9 Å². The molecule has 1 aromatic carbocycles. The van der Waals surface area contributed by atoms with E-state index in [1.807, 2.05) is 6.08 Å². The van der Waals surface area contributed by atoms with Crippen LogP contribution in [0.25, 0.3) is 0 Å². The van der Waals surface area contributed by atoms with Crippen LogP contribution >= 0.6 is 0 Å². The number of methoxy groups -OCH3 is 1. The van der Waals surface area contributed by atoms with Gasteiger partial charge in [0, 0.05) is 12.0 Å². The van der Waals surface area contributed by atoms with E-state index >= 15 is 0 Å². The summed E-state index contributed by atoms with van der Waals surface area (Å²) >= 11 is 0. The molecule has 4 nitrogen and oxygen atoms in total. The lowest BCUT2D eigenvalue weighted by atomic mass is 9.81. The van der Waals surface area contributed by atoms with Crippen molar-refractivity contribution in [3.8, 4) is 11.8 Å². The molecule has 2 bridgehead atoms. The number of hydrogen-bond donors (Lipinski definition) is 1. The van der Waals surface area contributed by atoms with Crippen molar-refractivity contribution in [1.29, 1.82) is 0 Å². The number of allylic oxidation sites excluding steroid dienone is 1. The molecule has 0 radical (unpaired) electrons. The molecule has 1 N–H and O–H groups in total. The van der Waals surface area contributed by atoms with E-state index in [2.05, 4.69) is 41.5 Å². The summed E-state index contributed by atoms with van der Waals surface area (Å²) in [6.07, 6.45) is 6.53. The van der Waals surface area contributed by atoms with Crippen molar-refractivity contribution >= 4 is 5.97 Å². The monoisotopic (exact) mass is 367 g/mol. The fraction of sp³-hybridized carbons (Fsp3) is 0.522. The number of carbonyl (C=O) groups is 1. The second-order valence-corrected chi connectivity index (χ2v) is 7.49. The van der Waals surface area contributed by atoms with Crippen LogP contribution in [0.4, 0.5) is 0 Å². The van der Waals surface area contributed by atoms with Gasteiger partial charge in [-0.1, -0.05) is 30.0 Å². The number of nitrogens with zero attached hydrogens (tertiary/aromatic N) is 1. The van der Waals surface area contributed by atoms with Gasteiger partial charge < -0.3 is 9.84 Å². The number of benzene rings is 1. The van der Waals surface area contributed by atoms with Crippen LogP contribution in [0.3, 0.4) is 0 Å². The lowest BCUT2D eigenvalue weighted by Crippen LogP contribution is -2.57. The molecule has 3 aliphatic heterocycles. The Labute approximate surface area is 162 Å². The van der Waals surface area contributed by atoms with Crippen LogP contribution in [0, 0.1) is 17.8 Å². The first-order chi connectivity index (χ1) is 13.1. The third-order valence-corrected chi connectivity index (χ3v) is 5.74. The summed E-state index contributed by atoms with van der Waals surface area (Å²) in [7, 11) is 1.42. The molecule has 3 heterocycles. The predicted molar refractivity (Wildman–Crippen MR) is 106 cm³/mol. The molecule has 2 unspecified atom stereocenters.